The van der Waals surface area contributed by atoms with Gasteiger partial charge in [0.1, 0.15) is 11.6 Å². The molecule has 2 aromatic carbocycles. The average molecular weight is 489 g/mol. The van der Waals surface area contributed by atoms with Gasteiger partial charge in [0, 0.05) is 12.0 Å². The molecule has 0 unspecified atom stereocenters. The number of benzene rings is 2. The molecule has 0 amide bonds. The summed E-state index contributed by atoms with van der Waals surface area (Å²) in [5, 5.41) is 10.9. The van der Waals surface area contributed by atoms with E-state index in [-0.39, 0.29) is 16.6 Å². The second kappa shape index (κ2) is 11.0. The molecule has 0 aliphatic carbocycles. The van der Waals surface area contributed by atoms with Crippen LogP contribution in [0.15, 0.2) is 36.4 Å². The zero-order valence-corrected chi connectivity index (χ0v) is 22.5. The minimum Gasteiger partial charge on any atom is -0.507 e. The van der Waals surface area contributed by atoms with Gasteiger partial charge in [-0.2, -0.15) is 11.8 Å². The van der Waals surface area contributed by atoms with Crippen LogP contribution in [0.25, 0.3) is 0 Å². The van der Waals surface area contributed by atoms with Crippen LogP contribution in [0.2, 0.25) is 0 Å². The molecule has 1 aliphatic heterocycles. The van der Waals surface area contributed by atoms with E-state index in [1.807, 2.05) is 11.8 Å². The molecule has 0 spiro atoms. The molecule has 1 aliphatic rings. The summed E-state index contributed by atoms with van der Waals surface area (Å²) in [5.74, 6) is 1.59. The van der Waals surface area contributed by atoms with Crippen LogP contribution < -0.4 is 0 Å². The number of hydrogen-bond donors (Lipinski definition) is 1. The maximum Gasteiger partial charge on any atom is 0.195 e. The van der Waals surface area contributed by atoms with Crippen molar-refractivity contribution < 1.29 is 19.0 Å². The third-order valence-electron chi connectivity index (χ3n) is 6.37. The van der Waals surface area contributed by atoms with E-state index in [2.05, 4.69) is 53.7 Å². The average Bonchev–Trinajstić information content (AvgIpc) is 3.22. The monoisotopic (exact) mass is 488 g/mol. The van der Waals surface area contributed by atoms with Crippen molar-refractivity contribution in [2.24, 2.45) is 0 Å². The molecule has 0 atom stereocenters. The van der Waals surface area contributed by atoms with E-state index in [0.717, 1.165) is 53.9 Å². The zero-order chi connectivity index (χ0) is 25.0. The molecule has 0 saturated carbocycles. The molecule has 34 heavy (non-hydrogen) atoms. The van der Waals surface area contributed by atoms with E-state index in [1.54, 1.807) is 12.1 Å². The lowest BCUT2D eigenvalue weighted by Gasteiger charge is -2.28. The minimum atomic E-state index is -0.729. The second-order valence-corrected chi connectivity index (χ2v) is 12.5. The summed E-state index contributed by atoms with van der Waals surface area (Å²) in [6.07, 6.45) is 3.85. The summed E-state index contributed by atoms with van der Waals surface area (Å²) >= 11 is 1.95. The van der Waals surface area contributed by atoms with E-state index < -0.39 is 5.79 Å². The number of ether oxygens (including phenoxy) is 2. The number of aromatic hydroxyl groups is 1. The molecular formula is C29H41FO3S. The van der Waals surface area contributed by atoms with Crippen molar-refractivity contribution in [2.45, 2.75) is 83.8 Å². The molecule has 3 nitrogen and oxygen atoms in total. The first-order chi connectivity index (χ1) is 15.9. The van der Waals surface area contributed by atoms with Gasteiger partial charge in [-0.25, -0.2) is 4.39 Å². The van der Waals surface area contributed by atoms with Crippen molar-refractivity contribution in [3.63, 3.8) is 0 Å². The SMILES string of the molecule is CC(C)(C)c1cc(CCCSCCCC2(c3ccc(F)cc3)OCCO2)cc(C(C)(C)C)c1O. The Balaban J connectivity index is 1.51. The van der Waals surface area contributed by atoms with Gasteiger partial charge in [-0.05, 0) is 70.4 Å². The van der Waals surface area contributed by atoms with Crippen molar-refractivity contribution in [3.05, 3.63) is 64.5 Å². The molecule has 1 heterocycles. The van der Waals surface area contributed by atoms with Crippen LogP contribution in [-0.2, 0) is 32.5 Å². The van der Waals surface area contributed by atoms with E-state index in [1.165, 1.54) is 17.7 Å². The van der Waals surface area contributed by atoms with Gasteiger partial charge in [0.2, 0.25) is 0 Å². The van der Waals surface area contributed by atoms with Crippen molar-refractivity contribution in [3.8, 4) is 5.75 Å². The molecular weight excluding hydrogens is 447 g/mol. The highest BCUT2D eigenvalue weighted by molar-refractivity contribution is 7.99. The fourth-order valence-electron chi connectivity index (χ4n) is 4.48. The maximum absolute atomic E-state index is 13.3. The summed E-state index contributed by atoms with van der Waals surface area (Å²) < 4.78 is 25.3. The van der Waals surface area contributed by atoms with Gasteiger partial charge in [-0.1, -0.05) is 65.8 Å². The Hall–Kier alpha value is -1.56. The Bertz CT molecular complexity index is 900. The van der Waals surface area contributed by atoms with Crippen LogP contribution in [0.5, 0.6) is 5.75 Å². The number of hydrogen-bond acceptors (Lipinski definition) is 4. The molecule has 0 aromatic heterocycles. The number of thioether (sulfide) groups is 1. The van der Waals surface area contributed by atoms with Crippen molar-refractivity contribution in [1.29, 1.82) is 0 Å². The topological polar surface area (TPSA) is 38.7 Å². The predicted molar refractivity (Wildman–Crippen MR) is 140 cm³/mol. The van der Waals surface area contributed by atoms with Crippen LogP contribution in [0, 0.1) is 5.82 Å². The standard InChI is InChI=1S/C29H41FO3S/c1-27(2,3)24-19-21(20-25(26(24)31)28(4,5)6)9-7-17-34-18-8-14-29(32-15-16-33-29)22-10-12-23(30)13-11-22/h10-13,19-20,31H,7-9,14-18H2,1-6H3. The normalized spacial score (nSPS) is 16.2. The van der Waals surface area contributed by atoms with Gasteiger partial charge in [-0.3, -0.25) is 0 Å². The van der Waals surface area contributed by atoms with E-state index in [4.69, 9.17) is 9.47 Å². The summed E-state index contributed by atoms with van der Waals surface area (Å²) in [6.45, 7) is 14.1. The van der Waals surface area contributed by atoms with E-state index in [0.29, 0.717) is 19.0 Å². The van der Waals surface area contributed by atoms with Gasteiger partial charge in [0.25, 0.3) is 0 Å². The summed E-state index contributed by atoms with van der Waals surface area (Å²) in [6, 6.07) is 10.9. The summed E-state index contributed by atoms with van der Waals surface area (Å²) in [5.41, 5.74) is 4.07. The van der Waals surface area contributed by atoms with Crippen LogP contribution in [0.4, 0.5) is 4.39 Å². The van der Waals surface area contributed by atoms with E-state index >= 15 is 0 Å². The molecule has 1 saturated heterocycles. The highest BCUT2D eigenvalue weighted by atomic mass is 32.2. The lowest BCUT2D eigenvalue weighted by atomic mass is 9.78. The quantitative estimate of drug-likeness (QED) is 0.372. The second-order valence-electron chi connectivity index (χ2n) is 11.3. The molecule has 1 N–H and O–H groups in total. The van der Waals surface area contributed by atoms with Crippen LogP contribution >= 0.6 is 11.8 Å². The van der Waals surface area contributed by atoms with Crippen LogP contribution in [0.3, 0.4) is 0 Å². The number of rotatable bonds is 9. The maximum atomic E-state index is 13.3. The number of halogens is 1. The molecule has 3 rings (SSSR count). The summed E-state index contributed by atoms with van der Waals surface area (Å²) in [7, 11) is 0. The van der Waals surface area contributed by atoms with Gasteiger partial charge in [-0.15, -0.1) is 0 Å². The van der Waals surface area contributed by atoms with Gasteiger partial charge in [0.05, 0.1) is 13.2 Å². The van der Waals surface area contributed by atoms with Crippen LogP contribution in [-0.4, -0.2) is 29.8 Å². The van der Waals surface area contributed by atoms with Crippen molar-refractivity contribution in [2.75, 3.05) is 24.7 Å². The lowest BCUT2D eigenvalue weighted by molar-refractivity contribution is -0.170. The Morgan fingerprint density at radius 1 is 0.882 bits per heavy atom. The first-order valence-electron chi connectivity index (χ1n) is 12.4. The Labute approximate surface area is 209 Å². The summed E-state index contributed by atoms with van der Waals surface area (Å²) in [4.78, 5) is 0. The van der Waals surface area contributed by atoms with Gasteiger partial charge in [0.15, 0.2) is 5.79 Å². The Morgan fingerprint density at radius 3 is 1.94 bits per heavy atom. The smallest absolute Gasteiger partial charge is 0.195 e. The van der Waals surface area contributed by atoms with Crippen molar-refractivity contribution in [1.82, 2.24) is 0 Å². The molecule has 0 radical (unpaired) electrons. The first kappa shape index (κ1) is 27.0. The molecule has 0 bridgehead atoms. The van der Waals surface area contributed by atoms with Gasteiger partial charge < -0.3 is 14.6 Å². The molecule has 2 aromatic rings. The number of phenolic OH excluding ortho intramolecular Hbond substituents is 1. The fraction of sp³-hybridized carbons (Fsp3) is 0.586. The molecule has 188 valence electrons. The van der Waals surface area contributed by atoms with Crippen LogP contribution in [0.1, 0.15) is 83.1 Å². The Kier molecular flexibility index (Phi) is 8.75. The molecule has 1 fully saturated rings. The number of aryl methyl sites for hydroxylation is 1. The largest absolute Gasteiger partial charge is 0.507 e. The third kappa shape index (κ3) is 6.77. The predicted octanol–water partition coefficient (Wildman–Crippen LogP) is 7.47. The molecule has 5 heteroatoms. The number of phenols is 1. The highest BCUT2D eigenvalue weighted by Crippen LogP contribution is 2.40. The highest BCUT2D eigenvalue weighted by Gasteiger charge is 2.37. The minimum absolute atomic E-state index is 0.0975. The fourth-order valence-corrected chi connectivity index (χ4v) is 5.38. The van der Waals surface area contributed by atoms with Crippen molar-refractivity contribution >= 4 is 11.8 Å². The first-order valence-corrected chi connectivity index (χ1v) is 13.6. The third-order valence-corrected chi connectivity index (χ3v) is 7.53. The van der Waals surface area contributed by atoms with Gasteiger partial charge >= 0.3 is 0 Å². The zero-order valence-electron chi connectivity index (χ0n) is 21.7. The van der Waals surface area contributed by atoms with E-state index in [9.17, 15) is 9.50 Å². The lowest BCUT2D eigenvalue weighted by Crippen LogP contribution is -2.27. The Morgan fingerprint density at radius 2 is 1.41 bits per heavy atom.